The Hall–Kier alpha value is -2.96. The highest BCUT2D eigenvalue weighted by atomic mass is 32.1. The summed E-state index contributed by atoms with van der Waals surface area (Å²) in [6.07, 6.45) is 5.65. The van der Waals surface area contributed by atoms with Crippen molar-refractivity contribution in [2.75, 3.05) is 13.7 Å². The zero-order valence-electron chi connectivity index (χ0n) is 18.2. The van der Waals surface area contributed by atoms with Crippen LogP contribution in [0.2, 0.25) is 0 Å². The molecule has 5 nitrogen and oxygen atoms in total. The van der Waals surface area contributed by atoms with Gasteiger partial charge >= 0.3 is 0 Å². The van der Waals surface area contributed by atoms with E-state index in [4.69, 9.17) is 4.74 Å². The van der Waals surface area contributed by atoms with Gasteiger partial charge in [-0.1, -0.05) is 48.5 Å². The predicted molar refractivity (Wildman–Crippen MR) is 130 cm³/mol. The number of nitrogens with one attached hydrogen (secondary N) is 1. The highest BCUT2D eigenvalue weighted by Gasteiger charge is 2.25. The SMILES string of the molecule is COc1ccccc1Cn1cnc2sc3c(c2c1=O)CCC(NCCc1ccccc1)C3. The molecule has 5 rings (SSSR count). The first kappa shape index (κ1) is 20.9. The lowest BCUT2D eigenvalue weighted by molar-refractivity contribution is 0.408. The minimum atomic E-state index is 0.0499. The van der Waals surface area contributed by atoms with Crippen LogP contribution in [0.1, 0.15) is 28.0 Å². The van der Waals surface area contributed by atoms with Gasteiger partial charge in [0, 0.05) is 16.5 Å². The molecule has 0 spiro atoms. The fourth-order valence-electron chi connectivity index (χ4n) is 4.57. The molecule has 1 N–H and O–H groups in total. The normalized spacial score (nSPS) is 15.6. The number of nitrogens with zero attached hydrogens (tertiary/aromatic N) is 2. The van der Waals surface area contributed by atoms with E-state index >= 15 is 0 Å². The van der Waals surface area contributed by atoms with Crippen LogP contribution in [-0.4, -0.2) is 29.2 Å². The molecule has 164 valence electrons. The number of ether oxygens (including phenoxy) is 1. The Kier molecular flexibility index (Phi) is 6.06. The van der Waals surface area contributed by atoms with Crippen molar-refractivity contribution in [2.45, 2.75) is 38.3 Å². The molecule has 1 atom stereocenters. The number of hydrogen-bond donors (Lipinski definition) is 1. The van der Waals surface area contributed by atoms with E-state index in [0.717, 1.165) is 53.8 Å². The highest BCUT2D eigenvalue weighted by Crippen LogP contribution is 2.33. The van der Waals surface area contributed by atoms with Crippen LogP contribution in [0.4, 0.5) is 0 Å². The first-order valence-corrected chi connectivity index (χ1v) is 11.9. The topological polar surface area (TPSA) is 56.2 Å². The van der Waals surface area contributed by atoms with E-state index in [1.165, 1.54) is 16.0 Å². The van der Waals surface area contributed by atoms with E-state index in [2.05, 4.69) is 40.6 Å². The van der Waals surface area contributed by atoms with Gasteiger partial charge in [-0.25, -0.2) is 4.98 Å². The monoisotopic (exact) mass is 445 g/mol. The summed E-state index contributed by atoms with van der Waals surface area (Å²) in [6, 6.07) is 18.9. The zero-order valence-corrected chi connectivity index (χ0v) is 19.0. The molecule has 2 aromatic heterocycles. The maximum atomic E-state index is 13.3. The summed E-state index contributed by atoms with van der Waals surface area (Å²) in [5.41, 5.74) is 3.59. The maximum absolute atomic E-state index is 13.3. The Morgan fingerprint density at radius 2 is 1.97 bits per heavy atom. The molecule has 1 aliphatic rings. The molecule has 32 heavy (non-hydrogen) atoms. The van der Waals surface area contributed by atoms with Crippen molar-refractivity contribution in [3.05, 3.63) is 92.8 Å². The van der Waals surface area contributed by atoms with Crippen LogP contribution >= 0.6 is 11.3 Å². The Labute approximate surface area is 191 Å². The molecule has 1 aliphatic carbocycles. The Morgan fingerprint density at radius 3 is 2.81 bits per heavy atom. The van der Waals surface area contributed by atoms with Crippen LogP contribution in [0.3, 0.4) is 0 Å². The lowest BCUT2D eigenvalue weighted by Gasteiger charge is -2.23. The molecule has 0 saturated carbocycles. The van der Waals surface area contributed by atoms with Gasteiger partial charge in [-0.3, -0.25) is 9.36 Å². The lowest BCUT2D eigenvalue weighted by Crippen LogP contribution is -2.35. The molecule has 0 saturated heterocycles. The highest BCUT2D eigenvalue weighted by molar-refractivity contribution is 7.18. The molecule has 6 heteroatoms. The van der Waals surface area contributed by atoms with Crippen LogP contribution < -0.4 is 15.6 Å². The summed E-state index contributed by atoms with van der Waals surface area (Å²) in [5, 5.41) is 4.53. The third-order valence-electron chi connectivity index (χ3n) is 6.26. The van der Waals surface area contributed by atoms with Crippen molar-refractivity contribution in [3.8, 4) is 5.75 Å². The summed E-state index contributed by atoms with van der Waals surface area (Å²) in [7, 11) is 1.66. The Balaban J connectivity index is 1.33. The molecule has 2 aromatic carbocycles. The molecule has 0 radical (unpaired) electrons. The third kappa shape index (κ3) is 4.20. The number of benzene rings is 2. The van der Waals surface area contributed by atoms with Gasteiger partial charge in [0.2, 0.25) is 0 Å². The van der Waals surface area contributed by atoms with Gasteiger partial charge in [-0.05, 0) is 49.4 Å². The van der Waals surface area contributed by atoms with Crippen molar-refractivity contribution in [3.63, 3.8) is 0 Å². The van der Waals surface area contributed by atoms with Crippen LogP contribution in [0.5, 0.6) is 5.75 Å². The molecule has 2 heterocycles. The average molecular weight is 446 g/mol. The number of aromatic nitrogens is 2. The summed E-state index contributed by atoms with van der Waals surface area (Å²) < 4.78 is 7.16. The van der Waals surface area contributed by atoms with Gasteiger partial charge in [0.25, 0.3) is 5.56 Å². The van der Waals surface area contributed by atoms with Gasteiger partial charge in [0.05, 0.1) is 25.4 Å². The third-order valence-corrected chi connectivity index (χ3v) is 7.42. The fourth-order valence-corrected chi connectivity index (χ4v) is 5.83. The molecule has 0 aliphatic heterocycles. The molecular formula is C26H27N3O2S. The van der Waals surface area contributed by atoms with Crippen molar-refractivity contribution in [2.24, 2.45) is 0 Å². The second-order valence-corrected chi connectivity index (χ2v) is 9.39. The second-order valence-electron chi connectivity index (χ2n) is 8.30. The summed E-state index contributed by atoms with van der Waals surface area (Å²) in [4.78, 5) is 20.2. The standard InChI is InChI=1S/C26H27N3O2S/c1-31-22-10-6-5-9-19(22)16-29-17-28-25-24(26(29)30)21-12-11-20(15-23(21)32-25)27-14-13-18-7-3-2-4-8-18/h2-10,17,20,27H,11-16H2,1H3. The van der Waals surface area contributed by atoms with Gasteiger partial charge in [-0.15, -0.1) is 11.3 Å². The molecule has 0 bridgehead atoms. The maximum Gasteiger partial charge on any atom is 0.262 e. The molecule has 0 amide bonds. The van der Waals surface area contributed by atoms with E-state index in [9.17, 15) is 4.79 Å². The fraction of sp³-hybridized carbons (Fsp3) is 0.308. The minimum Gasteiger partial charge on any atom is -0.496 e. The number of para-hydroxylation sites is 1. The number of methoxy groups -OCH3 is 1. The minimum absolute atomic E-state index is 0.0499. The number of fused-ring (bicyclic) bond motifs is 3. The average Bonchev–Trinajstić information content (AvgIpc) is 3.20. The van der Waals surface area contributed by atoms with E-state index in [1.54, 1.807) is 29.3 Å². The lowest BCUT2D eigenvalue weighted by atomic mass is 9.93. The van der Waals surface area contributed by atoms with Gasteiger partial charge in [0.15, 0.2) is 0 Å². The smallest absolute Gasteiger partial charge is 0.262 e. The van der Waals surface area contributed by atoms with Crippen LogP contribution in [-0.2, 0) is 25.8 Å². The van der Waals surface area contributed by atoms with Crippen LogP contribution in [0, 0.1) is 0 Å². The molecule has 1 unspecified atom stereocenters. The zero-order chi connectivity index (χ0) is 21.9. The van der Waals surface area contributed by atoms with E-state index in [1.807, 2.05) is 24.3 Å². The van der Waals surface area contributed by atoms with Crippen molar-refractivity contribution < 1.29 is 4.74 Å². The van der Waals surface area contributed by atoms with Crippen LogP contribution in [0.25, 0.3) is 10.2 Å². The van der Waals surface area contributed by atoms with E-state index in [-0.39, 0.29) is 5.56 Å². The van der Waals surface area contributed by atoms with Crippen LogP contribution in [0.15, 0.2) is 65.7 Å². The Morgan fingerprint density at radius 1 is 1.16 bits per heavy atom. The second kappa shape index (κ2) is 9.27. The molecular weight excluding hydrogens is 418 g/mol. The van der Waals surface area contributed by atoms with E-state index < -0.39 is 0 Å². The quantitative estimate of drug-likeness (QED) is 0.463. The number of thiophene rings is 1. The van der Waals surface area contributed by atoms with Gasteiger partial charge in [-0.2, -0.15) is 0 Å². The predicted octanol–water partition coefficient (Wildman–Crippen LogP) is 4.20. The number of rotatable bonds is 7. The summed E-state index contributed by atoms with van der Waals surface area (Å²) in [6.45, 7) is 1.43. The Bertz CT molecular complexity index is 1280. The van der Waals surface area contributed by atoms with Gasteiger partial charge < -0.3 is 10.1 Å². The first-order chi connectivity index (χ1) is 15.7. The summed E-state index contributed by atoms with van der Waals surface area (Å²) >= 11 is 1.68. The van der Waals surface area contributed by atoms with Gasteiger partial charge in [0.1, 0.15) is 10.6 Å². The van der Waals surface area contributed by atoms with Crippen molar-refractivity contribution >= 4 is 21.6 Å². The van der Waals surface area contributed by atoms with Crippen molar-refractivity contribution in [1.82, 2.24) is 14.9 Å². The largest absolute Gasteiger partial charge is 0.496 e. The molecule has 4 aromatic rings. The van der Waals surface area contributed by atoms with E-state index in [0.29, 0.717) is 12.6 Å². The number of hydrogen-bond acceptors (Lipinski definition) is 5. The number of aryl methyl sites for hydroxylation is 1. The van der Waals surface area contributed by atoms with Crippen molar-refractivity contribution in [1.29, 1.82) is 0 Å². The first-order valence-electron chi connectivity index (χ1n) is 11.1. The summed E-state index contributed by atoms with van der Waals surface area (Å²) in [5.74, 6) is 0.788. The molecule has 0 fully saturated rings.